The number of nitrogens with zero attached hydrogens (tertiary/aromatic N) is 4. The number of alkyl halides is 2. The van der Waals surface area contributed by atoms with Crippen LogP contribution in [0.4, 0.5) is 8.78 Å². The zero-order valence-electron chi connectivity index (χ0n) is 20.1. The summed E-state index contributed by atoms with van der Waals surface area (Å²) in [6.45, 7) is 6.24. The third kappa shape index (κ3) is 6.38. The molecule has 2 aromatic heterocycles. The summed E-state index contributed by atoms with van der Waals surface area (Å²) in [5.74, 6) is -2.11. The van der Waals surface area contributed by atoms with E-state index in [2.05, 4.69) is 25.6 Å². The van der Waals surface area contributed by atoms with E-state index in [4.69, 9.17) is 4.52 Å². The van der Waals surface area contributed by atoms with Crippen LogP contribution < -0.4 is 5.32 Å². The Morgan fingerprint density at radius 2 is 1.94 bits per heavy atom. The van der Waals surface area contributed by atoms with Gasteiger partial charge in [-0.2, -0.15) is 0 Å². The van der Waals surface area contributed by atoms with Gasteiger partial charge < -0.3 is 14.7 Å². The van der Waals surface area contributed by atoms with Gasteiger partial charge in [0, 0.05) is 18.4 Å². The molecule has 1 N–H and O–H groups in total. The fraction of sp³-hybridized carbons (Fsp3) is 0.750. The molecule has 34 heavy (non-hydrogen) atoms. The van der Waals surface area contributed by atoms with Crippen LogP contribution in [0.15, 0.2) is 10.8 Å². The Labute approximate surface area is 203 Å². The molecule has 0 spiro atoms. The van der Waals surface area contributed by atoms with Crippen molar-refractivity contribution in [1.82, 2.24) is 25.6 Å². The van der Waals surface area contributed by atoms with Crippen molar-refractivity contribution in [3.63, 3.8) is 0 Å². The highest BCUT2D eigenvalue weighted by atomic mass is 32.1. The first-order valence-corrected chi connectivity index (χ1v) is 13.3. The predicted octanol–water partition coefficient (Wildman–Crippen LogP) is 4.82. The molecule has 3 heterocycles. The molecule has 7 nitrogen and oxygen atoms in total. The third-order valence-corrected chi connectivity index (χ3v) is 8.19. The zero-order valence-corrected chi connectivity index (χ0v) is 20.9. The van der Waals surface area contributed by atoms with Crippen molar-refractivity contribution in [2.24, 2.45) is 5.92 Å². The van der Waals surface area contributed by atoms with Gasteiger partial charge >= 0.3 is 0 Å². The van der Waals surface area contributed by atoms with Crippen LogP contribution in [0.1, 0.15) is 85.5 Å². The highest BCUT2D eigenvalue weighted by molar-refractivity contribution is 7.11. The summed E-state index contributed by atoms with van der Waals surface area (Å²) in [6, 6.07) is 0.256. The first kappa shape index (κ1) is 25.2. The molecule has 1 saturated heterocycles. The summed E-state index contributed by atoms with van der Waals surface area (Å²) in [6.07, 6.45) is 8.34. The van der Waals surface area contributed by atoms with Crippen molar-refractivity contribution in [3.8, 4) is 0 Å². The van der Waals surface area contributed by atoms with E-state index in [9.17, 15) is 13.6 Å². The van der Waals surface area contributed by atoms with Crippen molar-refractivity contribution in [2.45, 2.75) is 89.5 Å². The molecule has 0 atom stereocenters. The molecule has 188 valence electrons. The molecule has 4 rings (SSSR count). The van der Waals surface area contributed by atoms with Gasteiger partial charge in [-0.05, 0) is 77.4 Å². The van der Waals surface area contributed by atoms with E-state index in [0.29, 0.717) is 18.0 Å². The Kier molecular flexibility index (Phi) is 8.29. The van der Waals surface area contributed by atoms with E-state index in [1.54, 1.807) is 0 Å². The van der Waals surface area contributed by atoms with Crippen LogP contribution in [0.25, 0.3) is 0 Å². The largest absolute Gasteiger partial charge is 0.364 e. The number of halogens is 2. The number of likely N-dealkylation sites (tertiary alicyclic amines) is 1. The highest BCUT2D eigenvalue weighted by Crippen LogP contribution is 2.39. The van der Waals surface area contributed by atoms with Gasteiger partial charge in [0.1, 0.15) is 16.3 Å². The minimum Gasteiger partial charge on any atom is -0.364 e. The number of hydrogen-bond acceptors (Lipinski definition) is 7. The van der Waals surface area contributed by atoms with E-state index >= 15 is 0 Å². The smallest absolute Gasteiger partial charge is 0.277 e. The Hall–Kier alpha value is -1.94. The molecule has 1 amide bonds. The molecule has 0 bridgehead atoms. The van der Waals surface area contributed by atoms with Crippen LogP contribution >= 0.6 is 11.3 Å². The number of aromatic nitrogens is 3. The number of aryl methyl sites for hydroxylation is 1. The fourth-order valence-corrected chi connectivity index (χ4v) is 5.93. The van der Waals surface area contributed by atoms with Gasteiger partial charge in [-0.1, -0.05) is 12.1 Å². The second-order valence-corrected chi connectivity index (χ2v) is 11.0. The maximum Gasteiger partial charge on any atom is 0.277 e. The topological polar surface area (TPSA) is 84.2 Å². The minimum absolute atomic E-state index is 0.0317. The summed E-state index contributed by atoms with van der Waals surface area (Å²) in [5, 5.41) is 16.8. The lowest BCUT2D eigenvalue weighted by Gasteiger charge is -2.34. The van der Waals surface area contributed by atoms with Gasteiger partial charge in [0.2, 0.25) is 5.91 Å². The molecule has 1 aliphatic carbocycles. The average Bonchev–Trinajstić information content (AvgIpc) is 3.48. The summed E-state index contributed by atoms with van der Waals surface area (Å²) in [4.78, 5) is 14.7. The molecule has 2 fully saturated rings. The Balaban J connectivity index is 1.14. The van der Waals surface area contributed by atoms with E-state index in [0.717, 1.165) is 80.9 Å². The molecule has 0 radical (unpaired) electrons. The van der Waals surface area contributed by atoms with Crippen LogP contribution in [0.2, 0.25) is 0 Å². The molecule has 2 aromatic rings. The molecule has 10 heteroatoms. The predicted molar refractivity (Wildman–Crippen MR) is 126 cm³/mol. The molecule has 0 unspecified atom stereocenters. The highest BCUT2D eigenvalue weighted by Gasteiger charge is 2.37. The van der Waals surface area contributed by atoms with E-state index in [1.807, 2.05) is 6.92 Å². The van der Waals surface area contributed by atoms with Gasteiger partial charge in [0.15, 0.2) is 0 Å². The van der Waals surface area contributed by atoms with E-state index < -0.39 is 5.92 Å². The van der Waals surface area contributed by atoms with Crippen LogP contribution in [0, 0.1) is 12.8 Å². The van der Waals surface area contributed by atoms with Crippen LogP contribution in [-0.4, -0.2) is 51.8 Å². The molecule has 1 aliphatic heterocycles. The second-order valence-electron chi connectivity index (χ2n) is 9.75. The average molecular weight is 496 g/mol. The molecule has 1 saturated carbocycles. The SMILES string of the molecule is CCC(F)(F)c1conc1C1CCN(CC[C@H]2CC[C@H](NC(=O)Cc3nnc(C)s3)CC2)CC1. The van der Waals surface area contributed by atoms with Crippen molar-refractivity contribution < 1.29 is 18.1 Å². The minimum atomic E-state index is -2.87. The monoisotopic (exact) mass is 495 g/mol. The molecule has 0 aromatic carbocycles. The van der Waals surface area contributed by atoms with Gasteiger partial charge in [-0.15, -0.1) is 21.5 Å². The Morgan fingerprint density at radius 1 is 1.21 bits per heavy atom. The van der Waals surface area contributed by atoms with Crippen molar-refractivity contribution >= 4 is 17.2 Å². The zero-order chi connectivity index (χ0) is 24.1. The van der Waals surface area contributed by atoms with Crippen molar-refractivity contribution in [1.29, 1.82) is 0 Å². The van der Waals surface area contributed by atoms with Crippen molar-refractivity contribution in [2.75, 3.05) is 19.6 Å². The number of carbonyl (C=O) groups is 1. The summed E-state index contributed by atoms with van der Waals surface area (Å²) in [7, 11) is 0. The normalized spacial score (nSPS) is 22.7. The van der Waals surface area contributed by atoms with Gasteiger partial charge in [0.05, 0.1) is 17.7 Å². The quantitative estimate of drug-likeness (QED) is 0.537. The summed E-state index contributed by atoms with van der Waals surface area (Å²) >= 11 is 1.47. The molecule has 2 aliphatic rings. The number of rotatable bonds is 9. The Morgan fingerprint density at radius 3 is 2.59 bits per heavy atom. The molecular weight excluding hydrogens is 460 g/mol. The second kappa shape index (κ2) is 11.2. The summed E-state index contributed by atoms with van der Waals surface area (Å²) in [5.41, 5.74) is 0.420. The number of piperidine rings is 1. The van der Waals surface area contributed by atoms with Gasteiger partial charge in [0.25, 0.3) is 5.92 Å². The number of amides is 1. The first-order valence-electron chi connectivity index (χ1n) is 12.5. The first-order chi connectivity index (χ1) is 16.3. The molecular formula is C24H35F2N5O2S. The van der Waals surface area contributed by atoms with E-state index in [-0.39, 0.29) is 29.9 Å². The lowest BCUT2D eigenvalue weighted by molar-refractivity contribution is -0.121. The lowest BCUT2D eigenvalue weighted by atomic mass is 9.83. The lowest BCUT2D eigenvalue weighted by Crippen LogP contribution is -2.39. The standard InChI is InChI=1S/C24H35F2N5O2S/c1-3-24(25,26)20-15-33-30-23(20)18-9-12-31(13-10-18)11-8-17-4-6-19(7-5-17)27-21(32)14-22-29-28-16(2)34-22/h15,17-19H,3-14H2,1-2H3,(H,27,32)/t17-,19-. The van der Waals surface area contributed by atoms with Gasteiger partial charge in [-0.3, -0.25) is 4.79 Å². The van der Waals surface area contributed by atoms with Gasteiger partial charge in [-0.25, -0.2) is 8.78 Å². The number of carbonyl (C=O) groups excluding carboxylic acids is 1. The number of hydrogen-bond donors (Lipinski definition) is 1. The van der Waals surface area contributed by atoms with Crippen LogP contribution in [0.5, 0.6) is 0 Å². The fourth-order valence-electron chi connectivity index (χ4n) is 5.22. The maximum absolute atomic E-state index is 14.2. The third-order valence-electron chi connectivity index (χ3n) is 7.36. The Bertz CT molecular complexity index is 933. The van der Waals surface area contributed by atoms with Crippen LogP contribution in [-0.2, 0) is 17.1 Å². The van der Waals surface area contributed by atoms with Crippen LogP contribution in [0.3, 0.4) is 0 Å². The summed E-state index contributed by atoms with van der Waals surface area (Å²) < 4.78 is 33.3. The number of nitrogens with one attached hydrogen (secondary N) is 1. The van der Waals surface area contributed by atoms with Crippen molar-refractivity contribution in [3.05, 3.63) is 27.5 Å². The van der Waals surface area contributed by atoms with E-state index in [1.165, 1.54) is 18.3 Å². The maximum atomic E-state index is 14.2.